The molecule has 0 aliphatic rings. The predicted octanol–water partition coefficient (Wildman–Crippen LogP) is 4.25. The smallest absolute Gasteiger partial charge is 0.249 e. The maximum absolute atomic E-state index is 11.4. The van der Waals surface area contributed by atoms with Crippen molar-refractivity contribution in [3.05, 3.63) is 80.5 Å². The van der Waals surface area contributed by atoms with Crippen molar-refractivity contribution in [1.29, 1.82) is 0 Å². The highest BCUT2D eigenvalue weighted by atomic mass is 16.2. The summed E-state index contributed by atoms with van der Waals surface area (Å²) in [5, 5.41) is 6.02. The number of carbonyl (C=O) groups is 2. The first kappa shape index (κ1) is 14.8. The van der Waals surface area contributed by atoms with E-state index < -0.39 is 11.8 Å². The lowest BCUT2D eigenvalue weighted by atomic mass is 10.0. The van der Waals surface area contributed by atoms with Crippen molar-refractivity contribution >= 4 is 11.8 Å². The lowest BCUT2D eigenvalue weighted by Crippen LogP contribution is -1.94. The predicted molar refractivity (Wildman–Crippen MR) is 78.8 cm³/mol. The molecule has 0 unspecified atom stereocenters. The number of hydrogen-bond acceptors (Lipinski definition) is 2. The molecule has 0 spiro atoms. The summed E-state index contributed by atoms with van der Waals surface area (Å²) in [7, 11) is 0. The van der Waals surface area contributed by atoms with E-state index in [1.54, 1.807) is 48.5 Å². The summed E-state index contributed by atoms with van der Waals surface area (Å²) < 4.78 is 0. The van der Waals surface area contributed by atoms with Gasteiger partial charge < -0.3 is 0 Å². The SMILES string of the molecule is [N-]=[N+]=NC(=O)c1ccc(-c2ccc(C(=O)N=[N+]=[N-])cc2)cc1. The summed E-state index contributed by atoms with van der Waals surface area (Å²) >= 11 is 0. The second kappa shape index (κ2) is 6.71. The normalized spacial score (nSPS) is 9.27. The third-order valence-electron chi connectivity index (χ3n) is 2.87. The van der Waals surface area contributed by atoms with E-state index in [0.29, 0.717) is 0 Å². The lowest BCUT2D eigenvalue weighted by molar-refractivity contribution is 0.0992. The zero-order valence-electron chi connectivity index (χ0n) is 11.1. The third-order valence-corrected chi connectivity index (χ3v) is 2.87. The van der Waals surface area contributed by atoms with Crippen LogP contribution >= 0.6 is 0 Å². The number of nitrogens with zero attached hydrogens (tertiary/aromatic N) is 6. The minimum atomic E-state index is -0.649. The fraction of sp³-hybridized carbons (Fsp3) is 0. The van der Waals surface area contributed by atoms with E-state index in [4.69, 9.17) is 11.1 Å². The van der Waals surface area contributed by atoms with Gasteiger partial charge in [-0.05, 0) is 32.4 Å². The number of carbonyl (C=O) groups excluding carboxylic acids is 2. The second-order valence-corrected chi connectivity index (χ2v) is 4.14. The van der Waals surface area contributed by atoms with Crippen LogP contribution < -0.4 is 0 Å². The highest BCUT2D eigenvalue weighted by molar-refractivity contribution is 5.96. The molecular weight excluding hydrogens is 284 g/mol. The topological polar surface area (TPSA) is 132 Å². The highest BCUT2D eigenvalue weighted by Gasteiger charge is 2.06. The van der Waals surface area contributed by atoms with Gasteiger partial charge in [-0.15, -0.1) is 0 Å². The molecular formula is C14H8N6O2. The van der Waals surface area contributed by atoms with Crippen LogP contribution in [0.4, 0.5) is 0 Å². The Balaban J connectivity index is 2.25. The maximum Gasteiger partial charge on any atom is 0.249 e. The molecule has 0 aliphatic carbocycles. The van der Waals surface area contributed by atoms with E-state index in [1.807, 2.05) is 0 Å². The van der Waals surface area contributed by atoms with Crippen molar-refractivity contribution in [3.63, 3.8) is 0 Å². The van der Waals surface area contributed by atoms with Gasteiger partial charge in [0, 0.05) is 21.0 Å². The largest absolute Gasteiger partial charge is 0.287 e. The first-order valence-electron chi connectivity index (χ1n) is 6.05. The Morgan fingerprint density at radius 1 is 0.682 bits per heavy atom. The summed E-state index contributed by atoms with van der Waals surface area (Å²) in [5.41, 5.74) is 18.7. The minimum Gasteiger partial charge on any atom is -0.287 e. The lowest BCUT2D eigenvalue weighted by Gasteiger charge is -2.03. The molecule has 0 fully saturated rings. The van der Waals surface area contributed by atoms with Crippen LogP contribution in [0.3, 0.4) is 0 Å². The van der Waals surface area contributed by atoms with E-state index >= 15 is 0 Å². The van der Waals surface area contributed by atoms with Crippen LogP contribution in [-0.2, 0) is 0 Å². The Kier molecular flexibility index (Phi) is 4.52. The molecule has 0 saturated carbocycles. The van der Waals surface area contributed by atoms with E-state index in [9.17, 15) is 9.59 Å². The monoisotopic (exact) mass is 292 g/mol. The molecule has 0 atom stereocenters. The molecule has 0 aromatic heterocycles. The van der Waals surface area contributed by atoms with Crippen LogP contribution in [0, 0.1) is 0 Å². The molecule has 0 aliphatic heterocycles. The van der Waals surface area contributed by atoms with Crippen molar-refractivity contribution in [2.45, 2.75) is 0 Å². The molecule has 2 aromatic rings. The Bertz CT molecular complexity index is 742. The first-order chi connectivity index (χ1) is 10.7. The van der Waals surface area contributed by atoms with Crippen LogP contribution in [0.5, 0.6) is 0 Å². The van der Waals surface area contributed by atoms with Gasteiger partial charge in [0.1, 0.15) is 0 Å². The summed E-state index contributed by atoms with van der Waals surface area (Å²) in [6, 6.07) is 13.0. The van der Waals surface area contributed by atoms with Crippen molar-refractivity contribution in [2.24, 2.45) is 10.2 Å². The minimum absolute atomic E-state index is 0.289. The molecule has 0 radical (unpaired) electrons. The fourth-order valence-electron chi connectivity index (χ4n) is 1.81. The molecule has 0 bridgehead atoms. The zero-order chi connectivity index (χ0) is 15.9. The van der Waals surface area contributed by atoms with Crippen LogP contribution in [0.25, 0.3) is 32.0 Å². The van der Waals surface area contributed by atoms with Crippen LogP contribution in [-0.4, -0.2) is 11.8 Å². The summed E-state index contributed by atoms with van der Waals surface area (Å²) in [5.74, 6) is -1.30. The Labute approximate surface area is 124 Å². The molecule has 8 nitrogen and oxygen atoms in total. The average molecular weight is 292 g/mol. The van der Waals surface area contributed by atoms with Crippen molar-refractivity contribution < 1.29 is 9.59 Å². The summed E-state index contributed by atoms with van der Waals surface area (Å²) in [6.07, 6.45) is 0. The second-order valence-electron chi connectivity index (χ2n) is 4.14. The van der Waals surface area contributed by atoms with Crippen LogP contribution in [0.2, 0.25) is 0 Å². The van der Waals surface area contributed by atoms with Crippen LogP contribution in [0.15, 0.2) is 58.8 Å². The number of azide groups is 2. The molecule has 8 heteroatoms. The van der Waals surface area contributed by atoms with Gasteiger partial charge in [0.25, 0.3) is 0 Å². The number of benzene rings is 2. The Hall–Kier alpha value is -3.60. The first-order valence-corrected chi connectivity index (χ1v) is 6.05. The number of rotatable bonds is 3. The van der Waals surface area contributed by atoms with Crippen molar-refractivity contribution in [2.75, 3.05) is 0 Å². The van der Waals surface area contributed by atoms with Crippen molar-refractivity contribution in [1.82, 2.24) is 0 Å². The van der Waals surface area contributed by atoms with Gasteiger partial charge in [0.2, 0.25) is 11.8 Å². The molecule has 106 valence electrons. The Morgan fingerprint density at radius 2 is 1.00 bits per heavy atom. The molecule has 0 N–H and O–H groups in total. The van der Waals surface area contributed by atoms with Gasteiger partial charge in [0.05, 0.1) is 0 Å². The fourth-order valence-corrected chi connectivity index (χ4v) is 1.81. The zero-order valence-corrected chi connectivity index (χ0v) is 11.1. The quantitative estimate of drug-likeness (QED) is 0.475. The van der Waals surface area contributed by atoms with Crippen molar-refractivity contribution in [3.8, 4) is 11.1 Å². The van der Waals surface area contributed by atoms with Gasteiger partial charge in [-0.2, -0.15) is 0 Å². The van der Waals surface area contributed by atoms with Gasteiger partial charge in [0.15, 0.2) is 0 Å². The van der Waals surface area contributed by atoms with E-state index in [0.717, 1.165) is 11.1 Å². The molecule has 2 amide bonds. The van der Waals surface area contributed by atoms with Gasteiger partial charge in [-0.1, -0.05) is 48.5 Å². The third kappa shape index (κ3) is 3.29. The van der Waals surface area contributed by atoms with E-state index in [-0.39, 0.29) is 11.1 Å². The summed E-state index contributed by atoms with van der Waals surface area (Å²) in [4.78, 5) is 27.6. The van der Waals surface area contributed by atoms with E-state index in [2.05, 4.69) is 20.1 Å². The van der Waals surface area contributed by atoms with Gasteiger partial charge in [-0.25, -0.2) is 0 Å². The maximum atomic E-state index is 11.4. The van der Waals surface area contributed by atoms with Crippen LogP contribution in [0.1, 0.15) is 20.7 Å². The molecule has 0 heterocycles. The van der Waals surface area contributed by atoms with Gasteiger partial charge in [-0.3, -0.25) is 9.59 Å². The number of amides is 2. The van der Waals surface area contributed by atoms with Gasteiger partial charge >= 0.3 is 0 Å². The molecule has 22 heavy (non-hydrogen) atoms. The highest BCUT2D eigenvalue weighted by Crippen LogP contribution is 2.21. The Morgan fingerprint density at radius 3 is 1.27 bits per heavy atom. The standard InChI is InChI=1S/C14H8N6O2/c15-19-17-13(21)11-5-1-9(2-6-11)10-3-7-12(8-4-10)14(22)18-20-16/h1-8H. The molecule has 2 rings (SSSR count). The molecule has 0 saturated heterocycles. The molecule has 2 aromatic carbocycles. The number of hydrogen-bond donors (Lipinski definition) is 0. The summed E-state index contributed by atoms with van der Waals surface area (Å²) in [6.45, 7) is 0. The average Bonchev–Trinajstić information content (AvgIpc) is 2.55. The van der Waals surface area contributed by atoms with E-state index in [1.165, 1.54) is 0 Å².